The second-order valence-electron chi connectivity index (χ2n) is 6.54. The maximum atomic E-state index is 13.5. The van der Waals surface area contributed by atoms with Crippen molar-refractivity contribution in [1.82, 2.24) is 14.9 Å². The highest BCUT2D eigenvalue weighted by Gasteiger charge is 2.18. The number of hydrogen-bond acceptors (Lipinski definition) is 3. The van der Waals surface area contributed by atoms with Gasteiger partial charge in [-0.3, -0.25) is 4.90 Å². The Kier molecular flexibility index (Phi) is 3.94. The predicted molar refractivity (Wildman–Crippen MR) is 95.3 cm³/mol. The number of benzene rings is 1. The number of likely N-dealkylation sites (tertiary alicyclic amines) is 1. The van der Waals surface area contributed by atoms with Crippen molar-refractivity contribution in [3.05, 3.63) is 48.3 Å². The van der Waals surface area contributed by atoms with Crippen molar-refractivity contribution in [3.63, 3.8) is 0 Å². The Bertz CT molecular complexity index is 840. The minimum absolute atomic E-state index is 0.551. The fourth-order valence-electron chi connectivity index (χ4n) is 3.39. The predicted octanol–water partition coefficient (Wildman–Crippen LogP) is 3.75. The zero-order valence-electron chi connectivity index (χ0n) is 13.5. The molecule has 1 fully saturated rings. The quantitative estimate of drug-likeness (QED) is 0.771. The van der Waals surface area contributed by atoms with Crippen LogP contribution in [0.2, 0.25) is 0 Å². The lowest BCUT2D eigenvalue weighted by molar-refractivity contribution is 0.133. The van der Waals surface area contributed by atoms with Crippen LogP contribution >= 0.6 is 0 Å². The van der Waals surface area contributed by atoms with Gasteiger partial charge in [0.2, 0.25) is 0 Å². The highest BCUT2D eigenvalue weighted by atomic mass is 19.1. The number of alkyl halides is 1. The number of nitrogens with two attached hydrogens (primary N) is 1. The Morgan fingerprint density at radius 1 is 1.25 bits per heavy atom. The van der Waals surface area contributed by atoms with E-state index in [0.717, 1.165) is 41.7 Å². The Morgan fingerprint density at radius 2 is 2.08 bits per heavy atom. The van der Waals surface area contributed by atoms with Crippen LogP contribution < -0.4 is 5.73 Å². The van der Waals surface area contributed by atoms with Crippen LogP contribution in [0.15, 0.2) is 42.7 Å². The molecule has 4 nitrogen and oxygen atoms in total. The lowest BCUT2D eigenvalue weighted by Crippen LogP contribution is -2.35. The molecule has 0 amide bonds. The molecule has 1 aliphatic heterocycles. The zero-order chi connectivity index (χ0) is 16.5. The Balaban J connectivity index is 1.53. The van der Waals surface area contributed by atoms with Crippen LogP contribution in [-0.2, 0) is 6.54 Å². The van der Waals surface area contributed by atoms with E-state index in [1.165, 1.54) is 5.56 Å². The first-order valence-electron chi connectivity index (χ1n) is 8.37. The highest BCUT2D eigenvalue weighted by molar-refractivity contribution is 5.91. The average molecular weight is 324 g/mol. The molecule has 2 aromatic heterocycles. The smallest absolute Gasteiger partial charge is 0.139 e. The number of nitrogens with one attached hydrogen (secondary N) is 1. The van der Waals surface area contributed by atoms with E-state index < -0.39 is 6.17 Å². The summed E-state index contributed by atoms with van der Waals surface area (Å²) in [5.41, 5.74) is 10.8. The number of aromatic amines is 1. The van der Waals surface area contributed by atoms with Crippen LogP contribution in [0.5, 0.6) is 0 Å². The molecule has 0 bridgehead atoms. The molecule has 24 heavy (non-hydrogen) atoms. The van der Waals surface area contributed by atoms with E-state index in [4.69, 9.17) is 5.73 Å². The summed E-state index contributed by atoms with van der Waals surface area (Å²) < 4.78 is 13.5. The molecule has 0 aliphatic carbocycles. The van der Waals surface area contributed by atoms with Gasteiger partial charge in [0, 0.05) is 36.4 Å². The molecule has 5 heteroatoms. The number of fused-ring (bicyclic) bond motifs is 1. The van der Waals surface area contributed by atoms with Gasteiger partial charge in [0.05, 0.1) is 5.69 Å². The second-order valence-corrected chi connectivity index (χ2v) is 6.54. The van der Waals surface area contributed by atoms with Gasteiger partial charge < -0.3 is 10.7 Å². The number of rotatable bonds is 3. The number of piperidine rings is 1. The third kappa shape index (κ3) is 2.99. The van der Waals surface area contributed by atoms with Crippen molar-refractivity contribution in [2.75, 3.05) is 18.8 Å². The maximum absolute atomic E-state index is 13.5. The summed E-state index contributed by atoms with van der Waals surface area (Å²) in [5, 5.41) is 0.943. The summed E-state index contributed by atoms with van der Waals surface area (Å²) in [6, 6.07) is 10.5. The second kappa shape index (κ2) is 6.24. The summed E-state index contributed by atoms with van der Waals surface area (Å²) in [5.74, 6) is 0. The lowest BCUT2D eigenvalue weighted by Gasteiger charge is -2.28. The first-order valence-corrected chi connectivity index (χ1v) is 8.37. The topological polar surface area (TPSA) is 57.9 Å². The van der Waals surface area contributed by atoms with Crippen molar-refractivity contribution in [2.24, 2.45) is 0 Å². The molecule has 0 radical (unpaired) electrons. The normalized spacial score (nSPS) is 19.0. The standard InChI is InChI=1S/C19H21FN4/c20-16-2-1-7-24(12-16)11-13-3-5-14(6-4-13)15-8-17-18(21)10-23-19(17)22-9-15/h3-6,8-10,16H,1-2,7,11-12,21H2,(H,22,23). The number of aromatic nitrogens is 2. The molecule has 3 heterocycles. The Morgan fingerprint density at radius 3 is 2.88 bits per heavy atom. The number of anilines is 1. The number of nitrogen functional groups attached to an aromatic ring is 1. The van der Waals surface area contributed by atoms with Gasteiger partial charge in [-0.15, -0.1) is 0 Å². The molecule has 1 atom stereocenters. The zero-order valence-corrected chi connectivity index (χ0v) is 13.5. The highest BCUT2D eigenvalue weighted by Crippen LogP contribution is 2.26. The molecular weight excluding hydrogens is 303 g/mol. The number of halogens is 1. The average Bonchev–Trinajstić information content (AvgIpc) is 2.96. The van der Waals surface area contributed by atoms with Crippen LogP contribution in [0.3, 0.4) is 0 Å². The van der Waals surface area contributed by atoms with E-state index in [-0.39, 0.29) is 0 Å². The van der Waals surface area contributed by atoms with Crippen molar-refractivity contribution in [1.29, 1.82) is 0 Å². The van der Waals surface area contributed by atoms with Crippen molar-refractivity contribution < 1.29 is 4.39 Å². The summed E-state index contributed by atoms with van der Waals surface area (Å²) in [6.45, 7) is 2.34. The lowest BCUT2D eigenvalue weighted by atomic mass is 10.0. The molecule has 3 N–H and O–H groups in total. The Hall–Kier alpha value is -2.40. The van der Waals surface area contributed by atoms with Crippen LogP contribution in [-0.4, -0.2) is 34.1 Å². The van der Waals surface area contributed by atoms with Gasteiger partial charge in [-0.1, -0.05) is 24.3 Å². The molecule has 3 aromatic rings. The molecule has 1 aromatic carbocycles. The summed E-state index contributed by atoms with van der Waals surface area (Å²) in [6.07, 6.45) is 4.59. The SMILES string of the molecule is Nc1c[nH]c2ncc(-c3ccc(CN4CCCC(F)C4)cc3)cc12. The monoisotopic (exact) mass is 324 g/mol. The van der Waals surface area contributed by atoms with Crippen molar-refractivity contribution in [3.8, 4) is 11.1 Å². The molecule has 1 unspecified atom stereocenters. The summed E-state index contributed by atoms with van der Waals surface area (Å²) in [4.78, 5) is 9.66. The third-order valence-corrected chi connectivity index (χ3v) is 4.70. The number of nitrogens with zero attached hydrogens (tertiary/aromatic N) is 2. The van der Waals surface area contributed by atoms with E-state index in [1.807, 2.05) is 6.20 Å². The minimum atomic E-state index is -0.678. The van der Waals surface area contributed by atoms with Crippen LogP contribution in [0.4, 0.5) is 10.1 Å². The fraction of sp³-hybridized carbons (Fsp3) is 0.316. The third-order valence-electron chi connectivity index (χ3n) is 4.70. The minimum Gasteiger partial charge on any atom is -0.397 e. The van der Waals surface area contributed by atoms with Gasteiger partial charge in [-0.2, -0.15) is 0 Å². The summed E-state index contributed by atoms with van der Waals surface area (Å²) >= 11 is 0. The van der Waals surface area contributed by atoms with Crippen molar-refractivity contribution in [2.45, 2.75) is 25.6 Å². The summed E-state index contributed by atoms with van der Waals surface area (Å²) in [7, 11) is 0. The number of H-pyrrole nitrogens is 1. The van der Waals surface area contributed by atoms with E-state index in [0.29, 0.717) is 18.7 Å². The molecular formula is C19H21FN4. The number of hydrogen-bond donors (Lipinski definition) is 2. The van der Waals surface area contributed by atoms with E-state index in [9.17, 15) is 4.39 Å². The van der Waals surface area contributed by atoms with Gasteiger partial charge in [-0.05, 0) is 36.6 Å². The van der Waals surface area contributed by atoms with Crippen molar-refractivity contribution >= 4 is 16.7 Å². The van der Waals surface area contributed by atoms with Gasteiger partial charge in [0.25, 0.3) is 0 Å². The first kappa shape index (κ1) is 15.1. The van der Waals surface area contributed by atoms with E-state index in [1.54, 1.807) is 6.20 Å². The van der Waals surface area contributed by atoms with E-state index in [2.05, 4.69) is 45.2 Å². The molecule has 0 saturated carbocycles. The molecule has 4 rings (SSSR count). The molecule has 124 valence electrons. The maximum Gasteiger partial charge on any atom is 0.139 e. The van der Waals surface area contributed by atoms with Crippen LogP contribution in [0.1, 0.15) is 18.4 Å². The van der Waals surface area contributed by atoms with Gasteiger partial charge >= 0.3 is 0 Å². The van der Waals surface area contributed by atoms with E-state index >= 15 is 0 Å². The van der Waals surface area contributed by atoms with Gasteiger partial charge in [-0.25, -0.2) is 9.37 Å². The number of pyridine rings is 1. The first-order chi connectivity index (χ1) is 11.7. The molecule has 1 aliphatic rings. The van der Waals surface area contributed by atoms with Crippen LogP contribution in [0, 0.1) is 0 Å². The Labute approximate surface area is 140 Å². The fourth-order valence-corrected chi connectivity index (χ4v) is 3.39. The van der Waals surface area contributed by atoms with Gasteiger partial charge in [0.15, 0.2) is 0 Å². The molecule has 0 spiro atoms. The van der Waals surface area contributed by atoms with Crippen LogP contribution in [0.25, 0.3) is 22.2 Å². The molecule has 1 saturated heterocycles. The van der Waals surface area contributed by atoms with Gasteiger partial charge in [0.1, 0.15) is 11.8 Å². The largest absolute Gasteiger partial charge is 0.397 e.